The first kappa shape index (κ1) is 12.0. The first-order valence-electron chi connectivity index (χ1n) is 7.04. The Bertz CT molecular complexity index is 913. The largest absolute Gasteiger partial charge is 0.508 e. The highest BCUT2D eigenvalue weighted by atomic mass is 16.3. The van der Waals surface area contributed by atoms with E-state index in [1.165, 1.54) is 10.8 Å². The molecule has 1 aromatic heterocycles. The van der Waals surface area contributed by atoms with Gasteiger partial charge in [-0.15, -0.1) is 0 Å². The second kappa shape index (κ2) is 4.38. The molecule has 2 heteroatoms. The molecule has 0 aliphatic rings. The molecule has 0 saturated carbocycles. The maximum absolute atomic E-state index is 9.87. The van der Waals surface area contributed by atoms with Gasteiger partial charge in [0, 0.05) is 16.8 Å². The van der Waals surface area contributed by atoms with Crippen molar-refractivity contribution in [1.29, 1.82) is 0 Å². The molecule has 21 heavy (non-hydrogen) atoms. The van der Waals surface area contributed by atoms with E-state index in [2.05, 4.69) is 60.0 Å². The SMILES string of the molecule is Cc1ccc(O)cc1-n1c2ccccc2c2ccccc21. The maximum atomic E-state index is 9.87. The van der Waals surface area contributed by atoms with E-state index >= 15 is 0 Å². The summed E-state index contributed by atoms with van der Waals surface area (Å²) in [6.45, 7) is 2.07. The van der Waals surface area contributed by atoms with Gasteiger partial charge in [0.2, 0.25) is 0 Å². The number of phenols is 1. The molecular formula is C19H15NO. The Labute approximate surface area is 122 Å². The molecule has 4 rings (SSSR count). The van der Waals surface area contributed by atoms with Gasteiger partial charge in [0.15, 0.2) is 0 Å². The molecule has 1 heterocycles. The predicted molar refractivity (Wildman–Crippen MR) is 87.2 cm³/mol. The number of para-hydroxylation sites is 2. The Morgan fingerprint density at radius 3 is 1.95 bits per heavy atom. The van der Waals surface area contributed by atoms with E-state index in [9.17, 15) is 5.11 Å². The summed E-state index contributed by atoms with van der Waals surface area (Å²) in [5, 5.41) is 12.3. The van der Waals surface area contributed by atoms with Crippen LogP contribution in [0.3, 0.4) is 0 Å². The van der Waals surface area contributed by atoms with E-state index in [1.54, 1.807) is 6.07 Å². The summed E-state index contributed by atoms with van der Waals surface area (Å²) in [5.74, 6) is 0.289. The molecule has 3 aromatic carbocycles. The van der Waals surface area contributed by atoms with Crippen LogP contribution < -0.4 is 0 Å². The number of phenolic OH excluding ortho intramolecular Hbond substituents is 1. The maximum Gasteiger partial charge on any atom is 0.117 e. The lowest BCUT2D eigenvalue weighted by atomic mass is 10.2. The monoisotopic (exact) mass is 273 g/mol. The van der Waals surface area contributed by atoms with Gasteiger partial charge in [-0.25, -0.2) is 0 Å². The number of fused-ring (bicyclic) bond motifs is 3. The van der Waals surface area contributed by atoms with Crippen molar-refractivity contribution in [3.05, 3.63) is 72.3 Å². The second-order valence-corrected chi connectivity index (χ2v) is 5.34. The Balaban J connectivity index is 2.23. The van der Waals surface area contributed by atoms with E-state index in [0.29, 0.717) is 0 Å². The minimum absolute atomic E-state index is 0.289. The van der Waals surface area contributed by atoms with Crippen LogP contribution in [0, 0.1) is 6.92 Å². The van der Waals surface area contributed by atoms with E-state index < -0.39 is 0 Å². The minimum atomic E-state index is 0.289. The van der Waals surface area contributed by atoms with Crippen molar-refractivity contribution in [2.24, 2.45) is 0 Å². The third-order valence-electron chi connectivity index (χ3n) is 4.01. The third-order valence-corrected chi connectivity index (χ3v) is 4.01. The van der Waals surface area contributed by atoms with Gasteiger partial charge in [0.25, 0.3) is 0 Å². The van der Waals surface area contributed by atoms with Crippen LogP contribution in [-0.4, -0.2) is 9.67 Å². The molecule has 4 aromatic rings. The number of aromatic nitrogens is 1. The van der Waals surface area contributed by atoms with Crippen molar-refractivity contribution < 1.29 is 5.11 Å². The first-order valence-corrected chi connectivity index (χ1v) is 7.04. The van der Waals surface area contributed by atoms with Crippen molar-refractivity contribution in [2.45, 2.75) is 6.92 Å². The Kier molecular flexibility index (Phi) is 2.51. The van der Waals surface area contributed by atoms with Gasteiger partial charge < -0.3 is 9.67 Å². The summed E-state index contributed by atoms with van der Waals surface area (Å²) in [6, 6.07) is 22.3. The molecule has 102 valence electrons. The van der Waals surface area contributed by atoms with Gasteiger partial charge in [0.05, 0.1) is 16.7 Å². The fraction of sp³-hybridized carbons (Fsp3) is 0.0526. The topological polar surface area (TPSA) is 25.2 Å². The normalized spacial score (nSPS) is 11.3. The summed E-state index contributed by atoms with van der Waals surface area (Å²) in [5.41, 5.74) is 4.48. The summed E-state index contributed by atoms with van der Waals surface area (Å²) in [7, 11) is 0. The molecule has 0 saturated heterocycles. The van der Waals surface area contributed by atoms with Gasteiger partial charge in [-0.3, -0.25) is 0 Å². The second-order valence-electron chi connectivity index (χ2n) is 5.34. The number of rotatable bonds is 1. The Morgan fingerprint density at radius 1 is 0.762 bits per heavy atom. The molecule has 0 radical (unpaired) electrons. The van der Waals surface area contributed by atoms with E-state index in [4.69, 9.17) is 0 Å². The van der Waals surface area contributed by atoms with Crippen LogP contribution in [-0.2, 0) is 0 Å². The molecule has 1 N–H and O–H groups in total. The number of aromatic hydroxyl groups is 1. The molecule has 0 amide bonds. The van der Waals surface area contributed by atoms with Crippen LogP contribution in [0.5, 0.6) is 5.75 Å². The molecule has 0 spiro atoms. The molecule has 0 fully saturated rings. The number of aryl methyl sites for hydroxylation is 1. The average molecular weight is 273 g/mol. The van der Waals surface area contributed by atoms with Crippen molar-refractivity contribution >= 4 is 21.8 Å². The first-order chi connectivity index (χ1) is 10.3. The van der Waals surface area contributed by atoms with Crippen molar-refractivity contribution in [1.82, 2.24) is 4.57 Å². The highest BCUT2D eigenvalue weighted by Gasteiger charge is 2.12. The lowest BCUT2D eigenvalue weighted by Gasteiger charge is -2.11. The molecule has 0 aliphatic carbocycles. The standard InChI is InChI=1S/C19H15NO/c1-13-10-11-14(21)12-19(13)20-17-8-4-2-6-15(17)16-7-3-5-9-18(16)20/h2-12,21H,1H3. The smallest absolute Gasteiger partial charge is 0.117 e. The molecule has 2 nitrogen and oxygen atoms in total. The lowest BCUT2D eigenvalue weighted by molar-refractivity contribution is 0.475. The van der Waals surface area contributed by atoms with E-state index in [-0.39, 0.29) is 5.75 Å². The van der Waals surface area contributed by atoms with E-state index in [0.717, 1.165) is 22.3 Å². The number of hydrogen-bond acceptors (Lipinski definition) is 1. The summed E-state index contributed by atoms with van der Waals surface area (Å²) in [4.78, 5) is 0. The van der Waals surface area contributed by atoms with Gasteiger partial charge >= 0.3 is 0 Å². The fourth-order valence-electron chi connectivity index (χ4n) is 3.02. The zero-order chi connectivity index (χ0) is 14.4. The Morgan fingerprint density at radius 2 is 1.33 bits per heavy atom. The van der Waals surface area contributed by atoms with Crippen molar-refractivity contribution in [3.63, 3.8) is 0 Å². The molecule has 0 unspecified atom stereocenters. The predicted octanol–water partition coefficient (Wildman–Crippen LogP) is 4.80. The lowest BCUT2D eigenvalue weighted by Crippen LogP contribution is -1.96. The van der Waals surface area contributed by atoms with Crippen LogP contribution in [0.1, 0.15) is 5.56 Å². The van der Waals surface area contributed by atoms with Gasteiger partial charge in [0.1, 0.15) is 5.75 Å². The summed E-state index contributed by atoms with van der Waals surface area (Å²) >= 11 is 0. The molecule has 0 bridgehead atoms. The molecule has 0 atom stereocenters. The number of benzene rings is 3. The highest BCUT2D eigenvalue weighted by molar-refractivity contribution is 6.09. The van der Waals surface area contributed by atoms with Crippen LogP contribution in [0.25, 0.3) is 27.5 Å². The van der Waals surface area contributed by atoms with Crippen LogP contribution in [0.2, 0.25) is 0 Å². The van der Waals surface area contributed by atoms with Gasteiger partial charge in [-0.2, -0.15) is 0 Å². The van der Waals surface area contributed by atoms with Gasteiger partial charge in [-0.05, 0) is 30.7 Å². The number of nitrogens with zero attached hydrogens (tertiary/aromatic N) is 1. The summed E-state index contributed by atoms with van der Waals surface area (Å²) in [6.07, 6.45) is 0. The quantitative estimate of drug-likeness (QED) is 0.529. The van der Waals surface area contributed by atoms with Crippen molar-refractivity contribution in [3.8, 4) is 11.4 Å². The third kappa shape index (κ3) is 1.73. The van der Waals surface area contributed by atoms with E-state index in [1.807, 2.05) is 12.1 Å². The van der Waals surface area contributed by atoms with Crippen LogP contribution in [0.15, 0.2) is 66.7 Å². The minimum Gasteiger partial charge on any atom is -0.508 e. The highest BCUT2D eigenvalue weighted by Crippen LogP contribution is 2.33. The van der Waals surface area contributed by atoms with Crippen molar-refractivity contribution in [2.75, 3.05) is 0 Å². The fourth-order valence-corrected chi connectivity index (χ4v) is 3.02. The zero-order valence-electron chi connectivity index (χ0n) is 11.7. The molecular weight excluding hydrogens is 258 g/mol. The number of hydrogen-bond donors (Lipinski definition) is 1. The average Bonchev–Trinajstić information content (AvgIpc) is 2.84. The van der Waals surface area contributed by atoms with Crippen LogP contribution in [0.4, 0.5) is 0 Å². The summed E-state index contributed by atoms with van der Waals surface area (Å²) < 4.78 is 2.22. The zero-order valence-corrected chi connectivity index (χ0v) is 11.7. The van der Waals surface area contributed by atoms with Crippen LogP contribution >= 0.6 is 0 Å². The Hall–Kier alpha value is -2.74. The molecule has 0 aliphatic heterocycles. The van der Waals surface area contributed by atoms with Gasteiger partial charge in [-0.1, -0.05) is 42.5 Å².